The minimum Gasteiger partial charge on any atom is -0.508 e. The van der Waals surface area contributed by atoms with E-state index in [2.05, 4.69) is 15.6 Å². The van der Waals surface area contributed by atoms with Crippen LogP contribution in [0.25, 0.3) is 10.9 Å². The van der Waals surface area contributed by atoms with Gasteiger partial charge in [-0.3, -0.25) is 9.59 Å². The van der Waals surface area contributed by atoms with Gasteiger partial charge in [-0.05, 0) is 54.2 Å². The largest absolute Gasteiger partial charge is 0.508 e. The number of phenols is 1. The summed E-state index contributed by atoms with van der Waals surface area (Å²) in [6.07, 6.45) is 4.26. The molecule has 9 nitrogen and oxygen atoms in total. The van der Waals surface area contributed by atoms with Gasteiger partial charge in [0.2, 0.25) is 11.8 Å². The van der Waals surface area contributed by atoms with Gasteiger partial charge in [0.05, 0.1) is 6.04 Å². The van der Waals surface area contributed by atoms with Gasteiger partial charge >= 0.3 is 5.97 Å². The number of carboxylic acid groups (broad SMARTS) is 1. The lowest BCUT2D eigenvalue weighted by Gasteiger charge is -2.23. The number of fused-ring (bicyclic) bond motifs is 1. The Hall–Kier alpha value is -3.50. The Morgan fingerprint density at radius 3 is 2.37 bits per heavy atom. The van der Waals surface area contributed by atoms with Gasteiger partial charge in [0.25, 0.3) is 0 Å². The summed E-state index contributed by atoms with van der Waals surface area (Å²) >= 11 is 1.51. The fourth-order valence-corrected chi connectivity index (χ4v) is 4.23. The molecule has 0 saturated carbocycles. The van der Waals surface area contributed by atoms with Crippen molar-refractivity contribution >= 4 is 40.4 Å². The number of aromatic hydroxyl groups is 1. The molecule has 0 bridgehead atoms. The predicted octanol–water partition coefficient (Wildman–Crippen LogP) is 1.79. The number of H-pyrrole nitrogens is 1. The van der Waals surface area contributed by atoms with Gasteiger partial charge in [-0.15, -0.1) is 0 Å². The van der Waals surface area contributed by atoms with Crippen molar-refractivity contribution in [2.45, 2.75) is 37.4 Å². The van der Waals surface area contributed by atoms with Crippen LogP contribution in [0.5, 0.6) is 5.75 Å². The van der Waals surface area contributed by atoms with Crippen LogP contribution in [0.3, 0.4) is 0 Å². The number of aromatic nitrogens is 1. The maximum absolute atomic E-state index is 13.0. The zero-order valence-electron chi connectivity index (χ0n) is 19.4. The number of aliphatic carboxylic acids is 1. The summed E-state index contributed by atoms with van der Waals surface area (Å²) in [5, 5.41) is 25.3. The number of nitrogens with one attached hydrogen (secondary N) is 3. The highest BCUT2D eigenvalue weighted by Gasteiger charge is 2.28. The maximum Gasteiger partial charge on any atom is 0.326 e. The number of carboxylic acids is 1. The van der Waals surface area contributed by atoms with Gasteiger partial charge in [-0.25, -0.2) is 4.79 Å². The molecule has 3 aromatic rings. The average molecular weight is 499 g/mol. The van der Waals surface area contributed by atoms with E-state index in [0.29, 0.717) is 12.2 Å². The minimum absolute atomic E-state index is 0.0919. The van der Waals surface area contributed by atoms with E-state index < -0.39 is 35.9 Å². The first-order chi connectivity index (χ1) is 16.8. The average Bonchev–Trinajstić information content (AvgIpc) is 3.25. The molecule has 0 radical (unpaired) electrons. The molecule has 0 fully saturated rings. The first kappa shape index (κ1) is 26.1. The Morgan fingerprint density at radius 2 is 1.69 bits per heavy atom. The molecular weight excluding hydrogens is 468 g/mol. The number of thioether (sulfide) groups is 1. The number of hydrogen-bond donors (Lipinski definition) is 6. The number of rotatable bonds is 12. The van der Waals surface area contributed by atoms with Crippen LogP contribution in [0.4, 0.5) is 0 Å². The lowest BCUT2D eigenvalue weighted by atomic mass is 10.0. The Labute approximate surface area is 207 Å². The van der Waals surface area contributed by atoms with E-state index in [0.717, 1.165) is 22.0 Å². The summed E-state index contributed by atoms with van der Waals surface area (Å²) < 4.78 is 0. The first-order valence-electron chi connectivity index (χ1n) is 11.2. The second kappa shape index (κ2) is 12.3. The lowest BCUT2D eigenvalue weighted by Crippen LogP contribution is -2.55. The SMILES string of the molecule is CSCC[C@H](NC(=O)[C@@H](N)Cc1ccc(O)cc1)C(=O)N[C@@H](Cc1c[nH]c2ccccc12)C(=O)O. The van der Waals surface area contributed by atoms with E-state index in [1.54, 1.807) is 18.3 Å². The van der Waals surface area contributed by atoms with Crippen LogP contribution < -0.4 is 16.4 Å². The first-order valence-corrected chi connectivity index (χ1v) is 12.6. The molecule has 0 aliphatic heterocycles. The number of aromatic amines is 1. The summed E-state index contributed by atoms with van der Waals surface area (Å²) in [7, 11) is 0. The van der Waals surface area contributed by atoms with Crippen molar-refractivity contribution in [3.8, 4) is 5.75 Å². The monoisotopic (exact) mass is 498 g/mol. The molecule has 3 rings (SSSR count). The molecule has 10 heteroatoms. The van der Waals surface area contributed by atoms with E-state index in [1.807, 2.05) is 30.5 Å². The molecule has 35 heavy (non-hydrogen) atoms. The number of para-hydroxylation sites is 1. The highest BCUT2D eigenvalue weighted by atomic mass is 32.2. The zero-order valence-corrected chi connectivity index (χ0v) is 20.2. The van der Waals surface area contributed by atoms with Gasteiger partial charge < -0.3 is 31.6 Å². The standard InChI is InChI=1S/C25H30N4O5S/c1-35-11-10-21(28-23(31)19(26)12-15-6-8-17(30)9-7-15)24(32)29-22(25(33)34)13-16-14-27-20-5-3-2-4-18(16)20/h2-9,14,19,21-22,27,30H,10-13,26H2,1H3,(H,28,31)(H,29,32)(H,33,34)/t19-,21-,22-/m0/s1. The molecular formula is C25H30N4O5S. The molecule has 3 atom stereocenters. The van der Waals surface area contributed by atoms with Crippen LogP contribution in [-0.4, -0.2) is 63.1 Å². The van der Waals surface area contributed by atoms with Crippen LogP contribution in [0.2, 0.25) is 0 Å². The van der Waals surface area contributed by atoms with Gasteiger partial charge in [0.1, 0.15) is 17.8 Å². The predicted molar refractivity (Wildman–Crippen MR) is 136 cm³/mol. The molecule has 2 amide bonds. The lowest BCUT2D eigenvalue weighted by molar-refractivity contribution is -0.142. The van der Waals surface area contributed by atoms with Gasteiger partial charge in [0, 0.05) is 23.5 Å². The molecule has 1 heterocycles. The molecule has 0 unspecified atom stereocenters. The van der Waals surface area contributed by atoms with Crippen molar-refractivity contribution in [1.29, 1.82) is 0 Å². The van der Waals surface area contributed by atoms with Crippen LogP contribution in [0.1, 0.15) is 17.5 Å². The Bertz CT molecular complexity index is 1160. The Morgan fingerprint density at radius 1 is 1.00 bits per heavy atom. The maximum atomic E-state index is 13.0. The van der Waals surface area contributed by atoms with Crippen molar-refractivity contribution in [2.75, 3.05) is 12.0 Å². The topological polar surface area (TPSA) is 158 Å². The van der Waals surface area contributed by atoms with Crippen LogP contribution in [-0.2, 0) is 27.2 Å². The van der Waals surface area contributed by atoms with Crippen molar-refractivity contribution < 1.29 is 24.6 Å². The number of nitrogens with two attached hydrogens (primary N) is 1. The molecule has 2 aromatic carbocycles. The second-order valence-electron chi connectivity index (χ2n) is 8.28. The third-order valence-electron chi connectivity index (χ3n) is 5.69. The summed E-state index contributed by atoms with van der Waals surface area (Å²) in [6.45, 7) is 0. The zero-order chi connectivity index (χ0) is 25.4. The molecule has 0 aliphatic rings. The van der Waals surface area contributed by atoms with Gasteiger partial charge in [-0.2, -0.15) is 11.8 Å². The quantitative estimate of drug-likeness (QED) is 0.222. The van der Waals surface area contributed by atoms with Gasteiger partial charge in [-0.1, -0.05) is 30.3 Å². The number of phenolic OH excluding ortho intramolecular Hbond substituents is 1. The fraction of sp³-hybridized carbons (Fsp3) is 0.320. The van der Waals surface area contributed by atoms with Crippen molar-refractivity contribution in [3.05, 3.63) is 65.9 Å². The van der Waals surface area contributed by atoms with Crippen LogP contribution in [0.15, 0.2) is 54.7 Å². The number of benzene rings is 2. The van der Waals surface area contributed by atoms with E-state index in [4.69, 9.17) is 5.73 Å². The molecule has 1 aromatic heterocycles. The molecule has 7 N–H and O–H groups in total. The van der Waals surface area contributed by atoms with Crippen LogP contribution in [0, 0.1) is 0 Å². The number of carbonyl (C=O) groups is 3. The highest BCUT2D eigenvalue weighted by Crippen LogP contribution is 2.19. The number of hydrogen-bond acceptors (Lipinski definition) is 6. The normalized spacial score (nSPS) is 13.7. The molecule has 186 valence electrons. The number of carbonyl (C=O) groups excluding carboxylic acids is 2. The summed E-state index contributed by atoms with van der Waals surface area (Å²) in [5.74, 6) is -1.55. The summed E-state index contributed by atoms with van der Waals surface area (Å²) in [4.78, 5) is 40.8. The minimum atomic E-state index is -1.17. The fourth-order valence-electron chi connectivity index (χ4n) is 3.75. The van der Waals surface area contributed by atoms with Crippen LogP contribution >= 0.6 is 11.8 Å². The van der Waals surface area contributed by atoms with Gasteiger partial charge in [0.15, 0.2) is 0 Å². The number of amides is 2. The summed E-state index contributed by atoms with van der Waals surface area (Å²) in [6, 6.07) is 10.9. The van der Waals surface area contributed by atoms with Crippen molar-refractivity contribution in [2.24, 2.45) is 5.73 Å². The summed E-state index contributed by atoms with van der Waals surface area (Å²) in [5.41, 5.74) is 8.46. The van der Waals surface area contributed by atoms with E-state index in [-0.39, 0.29) is 18.6 Å². The molecule has 0 aliphatic carbocycles. The second-order valence-corrected chi connectivity index (χ2v) is 9.27. The van der Waals surface area contributed by atoms with Crippen molar-refractivity contribution in [3.63, 3.8) is 0 Å². The Kier molecular flexibility index (Phi) is 9.16. The van der Waals surface area contributed by atoms with E-state index in [1.165, 1.54) is 23.9 Å². The van der Waals surface area contributed by atoms with Crippen molar-refractivity contribution in [1.82, 2.24) is 15.6 Å². The Balaban J connectivity index is 1.66. The third-order valence-corrected chi connectivity index (χ3v) is 6.33. The smallest absolute Gasteiger partial charge is 0.326 e. The van der Waals surface area contributed by atoms with E-state index in [9.17, 15) is 24.6 Å². The highest BCUT2D eigenvalue weighted by molar-refractivity contribution is 7.98. The third kappa shape index (κ3) is 7.24. The molecule has 0 saturated heterocycles. The van der Waals surface area contributed by atoms with E-state index >= 15 is 0 Å². The molecule has 0 spiro atoms.